The molecule has 0 spiro atoms. The number of aryl methyl sites for hydroxylation is 2. The molecule has 1 heterocycles. The fourth-order valence-corrected chi connectivity index (χ4v) is 4.25. The number of aromatic carboxylic acids is 1. The first-order chi connectivity index (χ1) is 15.3. The third kappa shape index (κ3) is 3.74. The number of nitrogens with one attached hydrogen (secondary N) is 1. The molecule has 0 radical (unpaired) electrons. The molecule has 0 aliphatic heterocycles. The monoisotopic (exact) mass is 447 g/mol. The number of benzene rings is 3. The Morgan fingerprint density at radius 2 is 1.78 bits per heavy atom. The molecular formula is C25H22ClN3O3. The van der Waals surface area contributed by atoms with Gasteiger partial charge in [-0.1, -0.05) is 35.9 Å². The van der Waals surface area contributed by atoms with E-state index in [1.165, 1.54) is 0 Å². The zero-order valence-electron chi connectivity index (χ0n) is 18.2. The van der Waals surface area contributed by atoms with E-state index in [0.717, 1.165) is 27.6 Å². The zero-order chi connectivity index (χ0) is 23.0. The number of halogens is 1. The van der Waals surface area contributed by atoms with Crippen molar-refractivity contribution in [3.8, 4) is 28.0 Å². The van der Waals surface area contributed by atoms with E-state index in [1.54, 1.807) is 34.2 Å². The minimum Gasteiger partial charge on any atom is -0.494 e. The number of carboxylic acid groups (broad SMARTS) is 1. The number of anilines is 1. The van der Waals surface area contributed by atoms with E-state index >= 15 is 0 Å². The van der Waals surface area contributed by atoms with Crippen molar-refractivity contribution in [2.24, 2.45) is 0 Å². The molecule has 0 fully saturated rings. The topological polar surface area (TPSA) is 84.3 Å². The number of rotatable bonds is 5. The predicted molar refractivity (Wildman–Crippen MR) is 128 cm³/mol. The number of nitrogens with zero attached hydrogens (tertiary/aromatic N) is 2. The van der Waals surface area contributed by atoms with E-state index in [9.17, 15) is 9.90 Å². The second-order valence-electron chi connectivity index (χ2n) is 7.51. The van der Waals surface area contributed by atoms with Crippen molar-refractivity contribution in [1.82, 2.24) is 9.97 Å². The molecule has 32 heavy (non-hydrogen) atoms. The van der Waals surface area contributed by atoms with Crippen LogP contribution in [0.15, 0.2) is 48.7 Å². The van der Waals surface area contributed by atoms with Crippen LogP contribution in [0.2, 0.25) is 5.02 Å². The van der Waals surface area contributed by atoms with Crippen molar-refractivity contribution in [2.45, 2.75) is 13.8 Å². The first kappa shape index (κ1) is 21.6. The van der Waals surface area contributed by atoms with Crippen LogP contribution < -0.4 is 10.1 Å². The molecule has 0 atom stereocenters. The average molecular weight is 448 g/mol. The fraction of sp³-hybridized carbons (Fsp3) is 0.160. The molecule has 2 N–H and O–H groups in total. The first-order valence-electron chi connectivity index (χ1n) is 10.0. The summed E-state index contributed by atoms with van der Waals surface area (Å²) >= 11 is 6.28. The summed E-state index contributed by atoms with van der Waals surface area (Å²) in [5, 5.41) is 14.0. The van der Waals surface area contributed by atoms with Gasteiger partial charge < -0.3 is 15.2 Å². The lowest BCUT2D eigenvalue weighted by Crippen LogP contribution is -2.04. The van der Waals surface area contributed by atoms with Crippen molar-refractivity contribution in [3.63, 3.8) is 0 Å². The van der Waals surface area contributed by atoms with Crippen LogP contribution in [-0.2, 0) is 0 Å². The highest BCUT2D eigenvalue weighted by Gasteiger charge is 2.20. The minimum absolute atomic E-state index is 0.309. The van der Waals surface area contributed by atoms with E-state index in [4.69, 9.17) is 16.3 Å². The van der Waals surface area contributed by atoms with Crippen molar-refractivity contribution in [2.75, 3.05) is 19.5 Å². The average Bonchev–Trinajstić information content (AvgIpc) is 2.76. The molecule has 0 unspecified atom stereocenters. The van der Waals surface area contributed by atoms with Crippen LogP contribution in [0.25, 0.3) is 33.2 Å². The van der Waals surface area contributed by atoms with Gasteiger partial charge in [-0.15, -0.1) is 0 Å². The lowest BCUT2D eigenvalue weighted by molar-refractivity contribution is 0.0695. The summed E-state index contributed by atoms with van der Waals surface area (Å²) < 4.78 is 5.82. The molecule has 0 aliphatic carbocycles. The number of fused-ring (bicyclic) bond motifs is 1. The maximum absolute atomic E-state index is 11.7. The van der Waals surface area contributed by atoms with Crippen LogP contribution >= 0.6 is 11.6 Å². The van der Waals surface area contributed by atoms with Crippen molar-refractivity contribution >= 4 is 34.4 Å². The fourth-order valence-electron chi connectivity index (χ4n) is 4.06. The Morgan fingerprint density at radius 3 is 2.38 bits per heavy atom. The first-order valence-corrected chi connectivity index (χ1v) is 10.4. The van der Waals surface area contributed by atoms with E-state index in [0.29, 0.717) is 38.9 Å². The number of hydrogen-bond donors (Lipinski definition) is 2. The van der Waals surface area contributed by atoms with Crippen LogP contribution in [0.1, 0.15) is 21.5 Å². The van der Waals surface area contributed by atoms with E-state index < -0.39 is 5.97 Å². The smallest absolute Gasteiger partial charge is 0.336 e. The Labute approximate surface area is 190 Å². The molecule has 4 rings (SSSR count). The molecule has 7 heteroatoms. The highest BCUT2D eigenvalue weighted by Crippen LogP contribution is 2.42. The summed E-state index contributed by atoms with van der Waals surface area (Å²) in [6.45, 7) is 3.60. The summed E-state index contributed by atoms with van der Waals surface area (Å²) in [5.41, 5.74) is 5.78. The molecule has 0 amide bonds. The molecule has 4 aromatic rings. The second kappa shape index (κ2) is 8.48. The molecule has 0 saturated heterocycles. The third-order valence-corrected chi connectivity index (χ3v) is 5.68. The Balaban J connectivity index is 2.10. The standard InChI is InChI=1S/C25H22ClN3O3/c1-13-8-16(9-14(2)21(13)24(30)31)19-11-18(15-6-5-7-17(26)10-15)20-12-28-25(27-3)29-22(20)23(19)32-4/h5-12H,1-4H3,(H,30,31)(H,27,28,29). The Hall–Kier alpha value is -3.64. The highest BCUT2D eigenvalue weighted by atomic mass is 35.5. The van der Waals surface area contributed by atoms with E-state index in [1.807, 2.05) is 42.5 Å². The predicted octanol–water partition coefficient (Wildman–Crippen LogP) is 5.98. The Morgan fingerprint density at radius 1 is 1.06 bits per heavy atom. The van der Waals surface area contributed by atoms with Gasteiger partial charge in [-0.05, 0) is 59.9 Å². The van der Waals surface area contributed by atoms with Gasteiger partial charge in [0.1, 0.15) is 5.52 Å². The summed E-state index contributed by atoms with van der Waals surface area (Å²) in [6, 6.07) is 13.3. The van der Waals surface area contributed by atoms with Crippen molar-refractivity contribution in [1.29, 1.82) is 0 Å². The van der Waals surface area contributed by atoms with Crippen LogP contribution in [0.4, 0.5) is 5.95 Å². The van der Waals surface area contributed by atoms with Crippen molar-refractivity contribution in [3.05, 3.63) is 70.4 Å². The van der Waals surface area contributed by atoms with Gasteiger partial charge in [-0.25, -0.2) is 14.8 Å². The van der Waals surface area contributed by atoms with E-state index in [-0.39, 0.29) is 0 Å². The Bertz CT molecular complexity index is 1350. The molecule has 6 nitrogen and oxygen atoms in total. The quantitative estimate of drug-likeness (QED) is 0.391. The summed E-state index contributed by atoms with van der Waals surface area (Å²) in [6.07, 6.45) is 1.76. The summed E-state index contributed by atoms with van der Waals surface area (Å²) in [4.78, 5) is 20.7. The zero-order valence-corrected chi connectivity index (χ0v) is 18.9. The molecule has 0 aliphatic rings. The van der Waals surface area contributed by atoms with Crippen molar-refractivity contribution < 1.29 is 14.6 Å². The van der Waals surface area contributed by atoms with Gasteiger partial charge in [0.15, 0.2) is 5.75 Å². The maximum Gasteiger partial charge on any atom is 0.336 e. The molecule has 0 bridgehead atoms. The maximum atomic E-state index is 11.7. The SMILES string of the molecule is CNc1ncc2c(-c3cccc(Cl)c3)cc(-c3cc(C)c(C(=O)O)c(C)c3)c(OC)c2n1. The molecule has 0 saturated carbocycles. The van der Waals surface area contributed by atoms with Gasteiger partial charge >= 0.3 is 5.97 Å². The second-order valence-corrected chi connectivity index (χ2v) is 7.95. The largest absolute Gasteiger partial charge is 0.494 e. The van der Waals surface area contributed by atoms with E-state index in [2.05, 4.69) is 15.3 Å². The van der Waals surface area contributed by atoms with Crippen LogP contribution in [0, 0.1) is 13.8 Å². The van der Waals surface area contributed by atoms with Crippen LogP contribution in [-0.4, -0.2) is 35.2 Å². The normalized spacial score (nSPS) is 10.9. The van der Waals surface area contributed by atoms with Gasteiger partial charge in [-0.2, -0.15) is 0 Å². The Kier molecular flexibility index (Phi) is 5.72. The number of hydrogen-bond acceptors (Lipinski definition) is 5. The number of methoxy groups -OCH3 is 1. The van der Waals surface area contributed by atoms with Gasteiger partial charge in [-0.3, -0.25) is 0 Å². The van der Waals surface area contributed by atoms with Gasteiger partial charge in [0.2, 0.25) is 5.95 Å². The van der Waals surface area contributed by atoms with Gasteiger partial charge in [0.05, 0.1) is 12.7 Å². The van der Waals surface area contributed by atoms with Crippen LogP contribution in [0.5, 0.6) is 5.75 Å². The summed E-state index contributed by atoms with van der Waals surface area (Å²) in [5.74, 6) is 0.119. The molecular weight excluding hydrogens is 426 g/mol. The molecule has 162 valence electrons. The number of aromatic nitrogens is 2. The highest BCUT2D eigenvalue weighted by molar-refractivity contribution is 6.31. The lowest BCUT2D eigenvalue weighted by atomic mass is 9.91. The van der Waals surface area contributed by atoms with Gasteiger partial charge in [0, 0.05) is 29.2 Å². The number of carbonyl (C=O) groups is 1. The lowest BCUT2D eigenvalue weighted by Gasteiger charge is -2.17. The number of carboxylic acids is 1. The minimum atomic E-state index is -0.942. The summed E-state index contributed by atoms with van der Waals surface area (Å²) in [7, 11) is 3.36. The molecule has 3 aromatic carbocycles. The number of ether oxygens (including phenoxy) is 1. The third-order valence-electron chi connectivity index (χ3n) is 5.45. The molecule has 1 aromatic heterocycles. The van der Waals surface area contributed by atoms with Crippen LogP contribution in [0.3, 0.4) is 0 Å². The van der Waals surface area contributed by atoms with Gasteiger partial charge in [0.25, 0.3) is 0 Å².